The van der Waals surface area contributed by atoms with Crippen LogP contribution < -0.4 is 5.32 Å². The van der Waals surface area contributed by atoms with Gasteiger partial charge >= 0.3 is 0 Å². The van der Waals surface area contributed by atoms with Gasteiger partial charge in [-0.3, -0.25) is 0 Å². The third-order valence-corrected chi connectivity index (χ3v) is 5.75. The Bertz CT molecular complexity index is 246. The summed E-state index contributed by atoms with van der Waals surface area (Å²) in [7, 11) is 0. The average Bonchev–Trinajstić information content (AvgIpc) is 3.29. The number of hydrogen-bond acceptors (Lipinski definition) is 1. The van der Waals surface area contributed by atoms with Crippen LogP contribution in [0.2, 0.25) is 0 Å². The van der Waals surface area contributed by atoms with Crippen molar-refractivity contribution in [2.24, 2.45) is 17.8 Å². The summed E-state index contributed by atoms with van der Waals surface area (Å²) in [5.41, 5.74) is 0. The Labute approximate surface area is 127 Å². The largest absolute Gasteiger partial charge is 0.314 e. The van der Waals surface area contributed by atoms with Crippen LogP contribution in [0.15, 0.2) is 0 Å². The van der Waals surface area contributed by atoms with Crippen molar-refractivity contribution < 1.29 is 0 Å². The maximum absolute atomic E-state index is 3.80. The normalized spacial score (nSPS) is 30.6. The van der Waals surface area contributed by atoms with Gasteiger partial charge in [0.05, 0.1) is 0 Å². The van der Waals surface area contributed by atoms with Gasteiger partial charge in [0.2, 0.25) is 0 Å². The van der Waals surface area contributed by atoms with E-state index in [-0.39, 0.29) is 0 Å². The highest BCUT2D eigenvalue weighted by Crippen LogP contribution is 2.38. The van der Waals surface area contributed by atoms with E-state index in [4.69, 9.17) is 0 Å². The second-order valence-electron chi connectivity index (χ2n) is 7.49. The van der Waals surface area contributed by atoms with Crippen molar-refractivity contribution in [1.82, 2.24) is 5.32 Å². The molecule has 0 aromatic heterocycles. The third kappa shape index (κ3) is 5.76. The first-order valence-corrected chi connectivity index (χ1v) is 9.56. The number of hydrogen-bond donors (Lipinski definition) is 1. The van der Waals surface area contributed by atoms with Gasteiger partial charge in [0.15, 0.2) is 0 Å². The van der Waals surface area contributed by atoms with E-state index < -0.39 is 0 Å². The Morgan fingerprint density at radius 2 is 1.65 bits per heavy atom. The summed E-state index contributed by atoms with van der Waals surface area (Å²) in [5, 5.41) is 3.80. The molecule has 0 saturated heterocycles. The molecule has 1 N–H and O–H groups in total. The van der Waals surface area contributed by atoms with Crippen LogP contribution in [-0.2, 0) is 0 Å². The zero-order chi connectivity index (χ0) is 14.2. The van der Waals surface area contributed by atoms with Crippen molar-refractivity contribution in [1.29, 1.82) is 0 Å². The first-order chi connectivity index (χ1) is 9.83. The molecule has 0 bridgehead atoms. The SMILES string of the molecule is CCCCCCCC1CC(CC)CCC1CNC1CC1. The summed E-state index contributed by atoms with van der Waals surface area (Å²) in [5.74, 6) is 3.05. The smallest absolute Gasteiger partial charge is 0.00683 e. The molecule has 2 saturated carbocycles. The molecule has 2 aliphatic rings. The van der Waals surface area contributed by atoms with Gasteiger partial charge in [-0.2, -0.15) is 0 Å². The first-order valence-electron chi connectivity index (χ1n) is 9.56. The van der Waals surface area contributed by atoms with Crippen molar-refractivity contribution in [2.45, 2.75) is 96.9 Å². The summed E-state index contributed by atoms with van der Waals surface area (Å²) in [6.45, 7) is 6.03. The lowest BCUT2D eigenvalue weighted by Crippen LogP contribution is -2.34. The van der Waals surface area contributed by atoms with E-state index in [0.29, 0.717) is 0 Å². The van der Waals surface area contributed by atoms with E-state index in [0.717, 1.165) is 23.8 Å². The predicted molar refractivity (Wildman–Crippen MR) is 89.0 cm³/mol. The van der Waals surface area contributed by atoms with Gasteiger partial charge in [0.1, 0.15) is 0 Å². The van der Waals surface area contributed by atoms with E-state index in [9.17, 15) is 0 Å². The monoisotopic (exact) mass is 279 g/mol. The molecule has 2 fully saturated rings. The van der Waals surface area contributed by atoms with Crippen LogP contribution in [0, 0.1) is 17.8 Å². The molecule has 0 aromatic carbocycles. The van der Waals surface area contributed by atoms with Gasteiger partial charge < -0.3 is 5.32 Å². The molecule has 0 spiro atoms. The summed E-state index contributed by atoms with van der Waals surface area (Å²) >= 11 is 0. The summed E-state index contributed by atoms with van der Waals surface area (Å²) in [6.07, 6.45) is 17.6. The molecule has 1 heteroatoms. The number of rotatable bonds is 10. The van der Waals surface area contributed by atoms with E-state index in [1.807, 2.05) is 0 Å². The van der Waals surface area contributed by atoms with E-state index in [1.165, 1.54) is 83.6 Å². The Morgan fingerprint density at radius 1 is 0.850 bits per heavy atom. The predicted octanol–water partition coefficient (Wildman–Crippen LogP) is 5.54. The Hall–Kier alpha value is -0.0400. The summed E-state index contributed by atoms with van der Waals surface area (Å²) < 4.78 is 0. The van der Waals surface area contributed by atoms with Crippen LogP contribution in [0.4, 0.5) is 0 Å². The highest BCUT2D eigenvalue weighted by molar-refractivity contribution is 4.86. The van der Waals surface area contributed by atoms with Gasteiger partial charge in [0, 0.05) is 6.04 Å². The van der Waals surface area contributed by atoms with Gasteiger partial charge in [-0.05, 0) is 50.0 Å². The molecule has 2 aliphatic carbocycles. The second kappa shape index (κ2) is 9.07. The summed E-state index contributed by atoms with van der Waals surface area (Å²) in [6, 6.07) is 0.893. The number of unbranched alkanes of at least 4 members (excludes halogenated alkanes) is 4. The van der Waals surface area contributed by atoms with E-state index >= 15 is 0 Å². The molecule has 3 unspecified atom stereocenters. The van der Waals surface area contributed by atoms with E-state index in [1.54, 1.807) is 0 Å². The molecule has 0 aromatic rings. The first kappa shape index (κ1) is 16.3. The van der Waals surface area contributed by atoms with Gasteiger partial charge in [-0.25, -0.2) is 0 Å². The fourth-order valence-electron chi connectivity index (χ4n) is 4.03. The van der Waals surface area contributed by atoms with Crippen LogP contribution in [0.1, 0.15) is 90.9 Å². The standard InChI is InChI=1S/C19H37N/c1-3-5-6-7-8-9-17-14-16(4-2)10-11-18(17)15-20-19-12-13-19/h16-20H,3-15H2,1-2H3. The van der Waals surface area contributed by atoms with Gasteiger partial charge in [-0.15, -0.1) is 0 Å². The van der Waals surface area contributed by atoms with Gasteiger partial charge in [0.25, 0.3) is 0 Å². The van der Waals surface area contributed by atoms with Crippen LogP contribution in [0.3, 0.4) is 0 Å². The lowest BCUT2D eigenvalue weighted by atomic mass is 9.71. The minimum absolute atomic E-state index is 0.893. The molecule has 2 rings (SSSR count). The van der Waals surface area contributed by atoms with Crippen molar-refractivity contribution in [3.63, 3.8) is 0 Å². The minimum atomic E-state index is 0.893. The van der Waals surface area contributed by atoms with Crippen molar-refractivity contribution in [3.8, 4) is 0 Å². The molecule has 0 radical (unpaired) electrons. The fraction of sp³-hybridized carbons (Fsp3) is 1.00. The third-order valence-electron chi connectivity index (χ3n) is 5.75. The molecule has 118 valence electrons. The zero-order valence-electron chi connectivity index (χ0n) is 14.0. The molecule has 20 heavy (non-hydrogen) atoms. The molecular formula is C19H37N. The quantitative estimate of drug-likeness (QED) is 0.518. The Kier molecular flexibility index (Phi) is 7.41. The molecular weight excluding hydrogens is 242 g/mol. The molecule has 0 amide bonds. The Morgan fingerprint density at radius 3 is 2.35 bits per heavy atom. The average molecular weight is 280 g/mol. The molecule has 3 atom stereocenters. The van der Waals surface area contributed by atoms with Gasteiger partial charge in [-0.1, -0.05) is 65.2 Å². The van der Waals surface area contributed by atoms with Crippen LogP contribution in [-0.4, -0.2) is 12.6 Å². The highest BCUT2D eigenvalue weighted by Gasteiger charge is 2.30. The highest BCUT2D eigenvalue weighted by atomic mass is 14.9. The molecule has 0 aliphatic heterocycles. The second-order valence-corrected chi connectivity index (χ2v) is 7.49. The minimum Gasteiger partial charge on any atom is -0.314 e. The van der Waals surface area contributed by atoms with Crippen LogP contribution in [0.25, 0.3) is 0 Å². The maximum atomic E-state index is 3.80. The fourth-order valence-corrected chi connectivity index (χ4v) is 4.03. The summed E-state index contributed by atoms with van der Waals surface area (Å²) in [4.78, 5) is 0. The topological polar surface area (TPSA) is 12.0 Å². The lowest BCUT2D eigenvalue weighted by molar-refractivity contribution is 0.159. The van der Waals surface area contributed by atoms with Crippen molar-refractivity contribution >= 4 is 0 Å². The van der Waals surface area contributed by atoms with Crippen molar-refractivity contribution in [2.75, 3.05) is 6.54 Å². The van der Waals surface area contributed by atoms with Crippen LogP contribution in [0.5, 0.6) is 0 Å². The lowest BCUT2D eigenvalue weighted by Gasteiger charge is -2.36. The van der Waals surface area contributed by atoms with E-state index in [2.05, 4.69) is 19.2 Å². The molecule has 0 heterocycles. The van der Waals surface area contributed by atoms with Crippen LogP contribution >= 0.6 is 0 Å². The molecule has 1 nitrogen and oxygen atoms in total. The number of nitrogens with one attached hydrogen (secondary N) is 1. The Balaban J connectivity index is 1.69. The maximum Gasteiger partial charge on any atom is 0.00683 e. The van der Waals surface area contributed by atoms with Crippen molar-refractivity contribution in [3.05, 3.63) is 0 Å². The zero-order valence-corrected chi connectivity index (χ0v) is 14.0.